The molecule has 4 rings (SSSR count). The number of rotatable bonds is 11. The van der Waals surface area contributed by atoms with E-state index in [4.69, 9.17) is 0 Å². The SMILES string of the molecule is C.CCCCCNC(=O)CN(CC(=O)N(C)N1Cc2ccccc2C1)c1ccc(-c2nnc(C)s2)cc1C. The van der Waals surface area contributed by atoms with Crippen LogP contribution < -0.4 is 10.2 Å². The Morgan fingerprint density at radius 1 is 1.03 bits per heavy atom. The van der Waals surface area contributed by atoms with Crippen LogP contribution in [0.15, 0.2) is 42.5 Å². The van der Waals surface area contributed by atoms with Crippen molar-refractivity contribution in [1.29, 1.82) is 0 Å². The van der Waals surface area contributed by atoms with Gasteiger partial charge in [0.1, 0.15) is 10.0 Å². The fraction of sp³-hybridized carbons (Fsp3) is 0.448. The number of carbonyl (C=O) groups excluding carboxylic acids is 2. The predicted octanol–water partition coefficient (Wildman–Crippen LogP) is 4.96. The first-order valence-electron chi connectivity index (χ1n) is 12.9. The molecule has 0 atom stereocenters. The minimum absolute atomic E-state index is 0. The van der Waals surface area contributed by atoms with E-state index in [1.165, 1.54) is 11.1 Å². The smallest absolute Gasteiger partial charge is 0.256 e. The quantitative estimate of drug-likeness (QED) is 0.349. The summed E-state index contributed by atoms with van der Waals surface area (Å²) in [5.74, 6) is -0.141. The standard InChI is InChI=1S/C28H36N6O2S.CH4/c1-5-6-9-14-29-26(35)18-33(25-13-12-22(15-20(25)2)28-31-30-21(3)37-28)19-27(36)32(4)34-16-23-10-7-8-11-24(23)17-34;/h7-8,10-13,15H,5-6,9,14,16-19H2,1-4H3,(H,29,35);1H4. The van der Waals surface area contributed by atoms with E-state index in [1.54, 1.807) is 16.3 Å². The molecule has 0 saturated heterocycles. The van der Waals surface area contributed by atoms with Crippen molar-refractivity contribution >= 4 is 28.8 Å². The van der Waals surface area contributed by atoms with E-state index in [1.807, 2.05) is 61.1 Å². The van der Waals surface area contributed by atoms with Gasteiger partial charge < -0.3 is 10.2 Å². The van der Waals surface area contributed by atoms with Crippen molar-refractivity contribution in [2.24, 2.45) is 0 Å². The molecular formula is C29H40N6O2S. The van der Waals surface area contributed by atoms with Crippen LogP contribution in [0.3, 0.4) is 0 Å². The maximum absolute atomic E-state index is 13.4. The van der Waals surface area contributed by atoms with Crippen LogP contribution in [0.2, 0.25) is 0 Å². The monoisotopic (exact) mass is 536 g/mol. The van der Waals surface area contributed by atoms with E-state index in [0.29, 0.717) is 19.6 Å². The number of aromatic nitrogens is 2. The summed E-state index contributed by atoms with van der Waals surface area (Å²) in [5.41, 5.74) is 5.30. The lowest BCUT2D eigenvalue weighted by Crippen LogP contribution is -2.48. The van der Waals surface area contributed by atoms with Gasteiger partial charge in [-0.3, -0.25) is 14.6 Å². The molecule has 0 fully saturated rings. The fourth-order valence-electron chi connectivity index (χ4n) is 4.57. The van der Waals surface area contributed by atoms with E-state index in [9.17, 15) is 9.59 Å². The van der Waals surface area contributed by atoms with Crippen LogP contribution in [-0.2, 0) is 22.7 Å². The number of hydrazine groups is 1. The lowest BCUT2D eigenvalue weighted by atomic mass is 10.1. The van der Waals surface area contributed by atoms with Gasteiger partial charge in [-0.15, -0.1) is 10.2 Å². The number of likely N-dealkylation sites (N-methyl/N-ethyl adjacent to an activating group) is 1. The summed E-state index contributed by atoms with van der Waals surface area (Å²) in [6.07, 6.45) is 3.13. The number of fused-ring (bicyclic) bond motifs is 1. The highest BCUT2D eigenvalue weighted by Gasteiger charge is 2.27. The molecule has 38 heavy (non-hydrogen) atoms. The number of carbonyl (C=O) groups is 2. The zero-order valence-electron chi connectivity index (χ0n) is 22.2. The molecule has 0 spiro atoms. The third-order valence-corrected chi connectivity index (χ3v) is 7.57. The van der Waals surface area contributed by atoms with Crippen molar-refractivity contribution in [2.75, 3.05) is 31.6 Å². The molecule has 9 heteroatoms. The number of amides is 2. The van der Waals surface area contributed by atoms with Crippen LogP contribution in [0.1, 0.15) is 55.3 Å². The van der Waals surface area contributed by atoms with E-state index in [0.717, 1.165) is 46.1 Å². The zero-order chi connectivity index (χ0) is 26.4. The maximum atomic E-state index is 13.4. The molecule has 2 aromatic carbocycles. The van der Waals surface area contributed by atoms with Gasteiger partial charge >= 0.3 is 0 Å². The fourth-order valence-corrected chi connectivity index (χ4v) is 5.25. The Balaban J connectivity index is 0.00000400. The summed E-state index contributed by atoms with van der Waals surface area (Å²) in [7, 11) is 1.81. The second-order valence-electron chi connectivity index (χ2n) is 9.55. The van der Waals surface area contributed by atoms with Crippen LogP contribution in [0, 0.1) is 13.8 Å². The largest absolute Gasteiger partial charge is 0.355 e. The van der Waals surface area contributed by atoms with Crippen molar-refractivity contribution in [1.82, 2.24) is 25.5 Å². The Morgan fingerprint density at radius 3 is 2.34 bits per heavy atom. The van der Waals surface area contributed by atoms with Gasteiger partial charge in [0.15, 0.2) is 0 Å². The molecule has 2 heterocycles. The molecule has 0 radical (unpaired) electrons. The van der Waals surface area contributed by atoms with Gasteiger partial charge in [-0.1, -0.05) is 62.8 Å². The first-order valence-corrected chi connectivity index (χ1v) is 13.7. The summed E-state index contributed by atoms with van der Waals surface area (Å²) in [6.45, 7) is 8.34. The molecule has 1 aliphatic rings. The van der Waals surface area contributed by atoms with Crippen molar-refractivity contribution < 1.29 is 9.59 Å². The number of nitrogens with zero attached hydrogens (tertiary/aromatic N) is 5. The Kier molecular flexibility index (Phi) is 10.4. The molecular weight excluding hydrogens is 496 g/mol. The summed E-state index contributed by atoms with van der Waals surface area (Å²) >= 11 is 1.54. The van der Waals surface area contributed by atoms with Crippen LogP contribution in [0.4, 0.5) is 5.69 Å². The first kappa shape index (κ1) is 29.3. The molecule has 1 aromatic heterocycles. The summed E-state index contributed by atoms with van der Waals surface area (Å²) < 4.78 is 0. The highest BCUT2D eigenvalue weighted by molar-refractivity contribution is 7.14. The Hall–Kier alpha value is -3.30. The highest BCUT2D eigenvalue weighted by atomic mass is 32.1. The maximum Gasteiger partial charge on any atom is 0.256 e. The molecule has 0 bridgehead atoms. The van der Waals surface area contributed by atoms with Gasteiger partial charge in [0.05, 0.1) is 13.1 Å². The molecule has 2 amide bonds. The minimum atomic E-state index is -0.0802. The molecule has 0 unspecified atom stereocenters. The summed E-state index contributed by atoms with van der Waals surface area (Å²) in [4.78, 5) is 28.2. The van der Waals surface area contributed by atoms with Crippen molar-refractivity contribution in [2.45, 2.75) is 60.5 Å². The third-order valence-electron chi connectivity index (χ3n) is 6.68. The van der Waals surface area contributed by atoms with Crippen molar-refractivity contribution in [3.63, 3.8) is 0 Å². The number of hydrogen-bond donors (Lipinski definition) is 1. The number of unbranched alkanes of at least 4 members (excludes halogenated alkanes) is 2. The van der Waals surface area contributed by atoms with Gasteiger partial charge in [-0.2, -0.15) is 0 Å². The lowest BCUT2D eigenvalue weighted by molar-refractivity contribution is -0.145. The Morgan fingerprint density at radius 2 is 1.74 bits per heavy atom. The number of hydrogen-bond acceptors (Lipinski definition) is 7. The molecule has 1 aliphatic heterocycles. The molecule has 204 valence electrons. The van der Waals surface area contributed by atoms with E-state index < -0.39 is 0 Å². The first-order chi connectivity index (χ1) is 17.9. The normalized spacial score (nSPS) is 12.5. The summed E-state index contributed by atoms with van der Waals surface area (Å²) in [5, 5.41) is 16.9. The zero-order valence-corrected chi connectivity index (χ0v) is 23.0. The van der Waals surface area contributed by atoms with Gasteiger partial charge in [-0.25, -0.2) is 5.01 Å². The molecule has 8 nitrogen and oxygen atoms in total. The van der Waals surface area contributed by atoms with Gasteiger partial charge in [0.25, 0.3) is 5.91 Å². The van der Waals surface area contributed by atoms with Crippen LogP contribution in [0.5, 0.6) is 0 Å². The number of nitrogens with one attached hydrogen (secondary N) is 1. The average molecular weight is 537 g/mol. The third kappa shape index (κ3) is 7.17. The molecule has 3 aromatic rings. The van der Waals surface area contributed by atoms with E-state index >= 15 is 0 Å². The second kappa shape index (κ2) is 13.5. The topological polar surface area (TPSA) is 81.7 Å². The average Bonchev–Trinajstić information content (AvgIpc) is 3.52. The Labute approximate surface area is 230 Å². The number of anilines is 1. The van der Waals surface area contributed by atoms with E-state index in [2.05, 4.69) is 34.6 Å². The van der Waals surface area contributed by atoms with E-state index in [-0.39, 0.29) is 32.3 Å². The lowest BCUT2D eigenvalue weighted by Gasteiger charge is -2.32. The number of aryl methyl sites for hydroxylation is 2. The minimum Gasteiger partial charge on any atom is -0.355 e. The predicted molar refractivity (Wildman–Crippen MR) is 155 cm³/mol. The van der Waals surface area contributed by atoms with Crippen molar-refractivity contribution in [3.8, 4) is 10.6 Å². The van der Waals surface area contributed by atoms with Crippen LogP contribution >= 0.6 is 11.3 Å². The van der Waals surface area contributed by atoms with Gasteiger partial charge in [-0.05, 0) is 55.2 Å². The highest BCUT2D eigenvalue weighted by Crippen LogP contribution is 2.29. The van der Waals surface area contributed by atoms with Crippen LogP contribution in [0.25, 0.3) is 10.6 Å². The number of benzene rings is 2. The summed E-state index contributed by atoms with van der Waals surface area (Å²) in [6, 6.07) is 14.3. The van der Waals surface area contributed by atoms with Crippen molar-refractivity contribution in [3.05, 3.63) is 64.2 Å². The molecule has 1 N–H and O–H groups in total. The van der Waals surface area contributed by atoms with Gasteiger partial charge in [0.2, 0.25) is 5.91 Å². The molecule has 0 saturated carbocycles. The Bertz CT molecular complexity index is 1220. The van der Waals surface area contributed by atoms with Crippen LogP contribution in [-0.4, -0.2) is 58.7 Å². The van der Waals surface area contributed by atoms with Gasteiger partial charge in [0, 0.05) is 37.9 Å². The second-order valence-corrected chi connectivity index (χ2v) is 10.7. The molecule has 0 aliphatic carbocycles.